The van der Waals surface area contributed by atoms with Gasteiger partial charge in [0.15, 0.2) is 0 Å². The molecule has 1 aliphatic rings. The van der Waals surface area contributed by atoms with Crippen LogP contribution in [0.3, 0.4) is 0 Å². The van der Waals surface area contributed by atoms with Crippen molar-refractivity contribution in [2.75, 3.05) is 23.1 Å². The Labute approximate surface area is 202 Å². The zero-order chi connectivity index (χ0) is 24.1. The third-order valence-corrected chi connectivity index (χ3v) is 8.11. The summed E-state index contributed by atoms with van der Waals surface area (Å²) >= 11 is 0.733. The molecule has 0 radical (unpaired) electrons. The van der Waals surface area contributed by atoms with Crippen molar-refractivity contribution in [3.8, 4) is 0 Å². The number of para-hydroxylation sites is 1. The van der Waals surface area contributed by atoms with Gasteiger partial charge in [0.1, 0.15) is 0 Å². The lowest BCUT2D eigenvalue weighted by molar-refractivity contribution is 0.0762. The first-order chi connectivity index (χ1) is 16.3. The fourth-order valence-corrected chi connectivity index (χ4v) is 5.73. The molecule has 2 heterocycles. The second-order valence-electron chi connectivity index (χ2n) is 8.00. The molecule has 0 saturated carbocycles. The van der Waals surface area contributed by atoms with Crippen molar-refractivity contribution in [3.63, 3.8) is 0 Å². The monoisotopic (exact) mass is 499 g/mol. The first-order valence-electron chi connectivity index (χ1n) is 11.0. The lowest BCUT2D eigenvalue weighted by Crippen LogP contribution is -2.32. The van der Waals surface area contributed by atoms with Crippen LogP contribution in [0.1, 0.15) is 52.0 Å². The Kier molecular flexibility index (Phi) is 7.23. The van der Waals surface area contributed by atoms with Gasteiger partial charge in [-0.3, -0.25) is 19.6 Å². The number of hydrogen-bond donors (Lipinski definition) is 2. The van der Waals surface area contributed by atoms with Crippen molar-refractivity contribution in [1.29, 1.82) is 0 Å². The van der Waals surface area contributed by atoms with Crippen LogP contribution >= 0.6 is 11.3 Å². The molecule has 1 aliphatic heterocycles. The van der Waals surface area contributed by atoms with E-state index in [1.165, 1.54) is 0 Å². The Morgan fingerprint density at radius 3 is 2.26 bits per heavy atom. The van der Waals surface area contributed by atoms with Crippen molar-refractivity contribution in [2.45, 2.75) is 36.9 Å². The van der Waals surface area contributed by atoms with Gasteiger partial charge in [-0.05, 0) is 43.5 Å². The maximum absolute atomic E-state index is 13.1. The summed E-state index contributed by atoms with van der Waals surface area (Å²) in [5, 5.41) is 10.2. The van der Waals surface area contributed by atoms with Crippen LogP contribution in [0.4, 0.5) is 10.8 Å². The number of sulfonamides is 1. The summed E-state index contributed by atoms with van der Waals surface area (Å²) < 4.78 is 28.1. The molecule has 34 heavy (non-hydrogen) atoms. The summed E-state index contributed by atoms with van der Waals surface area (Å²) in [5.74, 6) is -0.608. The number of nitrogens with one attached hydrogen (secondary N) is 2. The van der Waals surface area contributed by atoms with Gasteiger partial charge in [-0.25, -0.2) is 0 Å². The fraction of sp³-hybridized carbons (Fsp3) is 0.304. The quantitative estimate of drug-likeness (QED) is 0.496. The minimum Gasteiger partial charge on any atom is -0.339 e. The van der Waals surface area contributed by atoms with E-state index in [-0.39, 0.29) is 26.6 Å². The van der Waals surface area contributed by atoms with Crippen LogP contribution < -0.4 is 10.0 Å². The molecule has 4 rings (SSSR count). The number of benzene rings is 2. The highest BCUT2D eigenvalue weighted by Gasteiger charge is 2.25. The van der Waals surface area contributed by atoms with Gasteiger partial charge < -0.3 is 4.90 Å². The minimum absolute atomic E-state index is 0.0579. The standard InChI is InChI=1S/C23H25N5O4S2/c1-16-10-4-5-11-17(16)20(29)24-22-25-26-23(33-22)34(31,32)27-19-13-7-6-12-18(19)21(30)28-14-8-2-3-9-15-28/h4-7,10-13,27H,2-3,8-9,14-15H2,1H3,(H,24,25,29). The lowest BCUT2D eigenvalue weighted by Gasteiger charge is -2.22. The highest BCUT2D eigenvalue weighted by Crippen LogP contribution is 2.26. The van der Waals surface area contributed by atoms with Crippen LogP contribution in [0.5, 0.6) is 0 Å². The van der Waals surface area contributed by atoms with Crippen molar-refractivity contribution in [3.05, 3.63) is 65.2 Å². The number of nitrogens with zero attached hydrogens (tertiary/aromatic N) is 3. The number of carbonyl (C=O) groups is 2. The molecule has 1 saturated heterocycles. The zero-order valence-corrected chi connectivity index (χ0v) is 20.3. The number of carbonyl (C=O) groups excluding carboxylic acids is 2. The van der Waals surface area contributed by atoms with E-state index < -0.39 is 15.9 Å². The first-order valence-corrected chi connectivity index (χ1v) is 13.3. The molecule has 2 amide bonds. The van der Waals surface area contributed by atoms with Crippen LogP contribution in [-0.4, -0.2) is 48.4 Å². The van der Waals surface area contributed by atoms with Gasteiger partial charge in [0, 0.05) is 18.7 Å². The number of aryl methyl sites for hydroxylation is 1. The highest BCUT2D eigenvalue weighted by atomic mass is 32.2. The molecule has 0 unspecified atom stereocenters. The average Bonchev–Trinajstić information content (AvgIpc) is 3.13. The van der Waals surface area contributed by atoms with E-state index in [4.69, 9.17) is 0 Å². The topological polar surface area (TPSA) is 121 Å². The first kappa shape index (κ1) is 23.8. The summed E-state index contributed by atoms with van der Waals surface area (Å²) in [6.45, 7) is 3.11. The average molecular weight is 500 g/mol. The van der Waals surface area contributed by atoms with Gasteiger partial charge in [-0.2, -0.15) is 8.42 Å². The minimum atomic E-state index is -4.12. The molecular formula is C23H25N5O4S2. The molecule has 0 spiro atoms. The molecule has 2 aromatic carbocycles. The SMILES string of the molecule is Cc1ccccc1C(=O)Nc1nnc(S(=O)(=O)Nc2ccccc2C(=O)N2CCCCCC2)s1. The van der Waals surface area contributed by atoms with Crippen molar-refractivity contribution in [2.24, 2.45) is 0 Å². The Morgan fingerprint density at radius 2 is 1.56 bits per heavy atom. The molecule has 1 aromatic heterocycles. The van der Waals surface area contributed by atoms with Gasteiger partial charge in [0.05, 0.1) is 11.3 Å². The fourth-order valence-electron chi connectivity index (χ4n) is 3.75. The van der Waals surface area contributed by atoms with E-state index >= 15 is 0 Å². The molecule has 1 fully saturated rings. The number of rotatable bonds is 6. The third kappa shape index (κ3) is 5.42. The van der Waals surface area contributed by atoms with Gasteiger partial charge >= 0.3 is 0 Å². The number of hydrogen-bond acceptors (Lipinski definition) is 7. The second kappa shape index (κ2) is 10.3. The van der Waals surface area contributed by atoms with Crippen molar-refractivity contribution < 1.29 is 18.0 Å². The van der Waals surface area contributed by atoms with E-state index in [0.29, 0.717) is 18.7 Å². The maximum atomic E-state index is 13.1. The summed E-state index contributed by atoms with van der Waals surface area (Å²) in [6.07, 6.45) is 4.03. The third-order valence-electron chi connectivity index (χ3n) is 5.54. The molecule has 3 aromatic rings. The molecule has 0 bridgehead atoms. The number of amides is 2. The molecule has 0 atom stereocenters. The summed E-state index contributed by atoms with van der Waals surface area (Å²) in [6, 6.07) is 13.6. The molecule has 0 aliphatic carbocycles. The number of aromatic nitrogens is 2. The lowest BCUT2D eigenvalue weighted by atomic mass is 10.1. The molecule has 2 N–H and O–H groups in total. The van der Waals surface area contributed by atoms with Gasteiger partial charge in [-0.1, -0.05) is 54.5 Å². The van der Waals surface area contributed by atoms with Crippen LogP contribution in [0, 0.1) is 6.92 Å². The Bertz CT molecular complexity index is 1300. The number of likely N-dealkylation sites (tertiary alicyclic amines) is 1. The normalized spacial score (nSPS) is 14.3. The largest absolute Gasteiger partial charge is 0.339 e. The molecular weight excluding hydrogens is 474 g/mol. The number of anilines is 2. The van der Waals surface area contributed by atoms with E-state index in [1.807, 2.05) is 6.07 Å². The van der Waals surface area contributed by atoms with Gasteiger partial charge in [-0.15, -0.1) is 10.2 Å². The predicted octanol–water partition coefficient (Wildman–Crippen LogP) is 3.92. The zero-order valence-electron chi connectivity index (χ0n) is 18.7. The van der Waals surface area contributed by atoms with Gasteiger partial charge in [0.2, 0.25) is 5.13 Å². The molecule has 178 valence electrons. The highest BCUT2D eigenvalue weighted by molar-refractivity contribution is 7.94. The Balaban J connectivity index is 1.51. The summed E-state index contributed by atoms with van der Waals surface area (Å²) in [4.78, 5) is 27.4. The Hall–Kier alpha value is -3.31. The van der Waals surface area contributed by atoms with Crippen LogP contribution in [0.2, 0.25) is 0 Å². The van der Waals surface area contributed by atoms with Crippen LogP contribution in [0.25, 0.3) is 0 Å². The Morgan fingerprint density at radius 1 is 0.912 bits per heavy atom. The van der Waals surface area contributed by atoms with Gasteiger partial charge in [0.25, 0.3) is 26.2 Å². The van der Waals surface area contributed by atoms with Crippen LogP contribution in [0.15, 0.2) is 52.9 Å². The van der Waals surface area contributed by atoms with Crippen LogP contribution in [-0.2, 0) is 10.0 Å². The van der Waals surface area contributed by atoms with E-state index in [0.717, 1.165) is 42.6 Å². The smallest absolute Gasteiger partial charge is 0.291 e. The molecule has 9 nitrogen and oxygen atoms in total. The second-order valence-corrected chi connectivity index (χ2v) is 10.8. The van der Waals surface area contributed by atoms with Crippen molar-refractivity contribution >= 4 is 44.0 Å². The summed E-state index contributed by atoms with van der Waals surface area (Å²) in [7, 11) is -4.12. The predicted molar refractivity (Wildman–Crippen MR) is 131 cm³/mol. The summed E-state index contributed by atoms with van der Waals surface area (Å²) in [5.41, 5.74) is 1.70. The van der Waals surface area contributed by atoms with E-state index in [2.05, 4.69) is 20.2 Å². The van der Waals surface area contributed by atoms with E-state index in [1.54, 1.807) is 54.3 Å². The maximum Gasteiger partial charge on any atom is 0.291 e. The van der Waals surface area contributed by atoms with E-state index in [9.17, 15) is 18.0 Å². The van der Waals surface area contributed by atoms with Crippen molar-refractivity contribution in [1.82, 2.24) is 15.1 Å². The molecule has 11 heteroatoms.